The third-order valence-corrected chi connectivity index (χ3v) is 6.03. The summed E-state index contributed by atoms with van der Waals surface area (Å²) in [7, 11) is 0. The van der Waals surface area contributed by atoms with Crippen molar-refractivity contribution in [3.63, 3.8) is 0 Å². The Morgan fingerprint density at radius 2 is 1.05 bits per heavy atom. The number of hydrogen-bond acceptors (Lipinski definition) is 0. The Kier molecular flexibility index (Phi) is 2.98. The Balaban J connectivity index is 1.45. The van der Waals surface area contributed by atoms with E-state index in [-0.39, 0.29) is 0 Å². The van der Waals surface area contributed by atoms with Crippen molar-refractivity contribution in [2.45, 2.75) is 32.1 Å². The molecule has 0 heterocycles. The highest BCUT2D eigenvalue weighted by Crippen LogP contribution is 2.49. The van der Waals surface area contributed by atoms with Crippen molar-refractivity contribution in [2.75, 3.05) is 0 Å². The molecule has 0 N–H and O–H groups in total. The normalized spacial score (nSPS) is 46.5. The SMILES string of the molecule is C1=CC2CCC(CC3CCC4C=CC=CC43)C2C=C1. The molecule has 2 fully saturated rings. The predicted molar refractivity (Wildman–Crippen MR) is 80.6 cm³/mol. The van der Waals surface area contributed by atoms with Crippen molar-refractivity contribution in [1.29, 1.82) is 0 Å². The molecule has 0 heteroatoms. The second kappa shape index (κ2) is 4.81. The van der Waals surface area contributed by atoms with Crippen LogP contribution in [0.1, 0.15) is 32.1 Å². The standard InChI is InChI=1S/C19H24/c1-3-7-18-14(5-1)9-11-16(18)13-17-12-10-15-6-2-4-8-19(15)17/h1-8,14-19H,9-13H2. The van der Waals surface area contributed by atoms with Gasteiger partial charge in [-0.05, 0) is 67.6 Å². The highest BCUT2D eigenvalue weighted by atomic mass is 14.4. The van der Waals surface area contributed by atoms with Gasteiger partial charge in [-0.25, -0.2) is 0 Å². The van der Waals surface area contributed by atoms with Crippen molar-refractivity contribution in [2.24, 2.45) is 35.5 Å². The van der Waals surface area contributed by atoms with Gasteiger partial charge in [0, 0.05) is 0 Å². The fourth-order valence-corrected chi connectivity index (χ4v) is 5.07. The highest BCUT2D eigenvalue weighted by molar-refractivity contribution is 5.19. The molecule has 0 aromatic rings. The molecule has 0 bridgehead atoms. The summed E-state index contributed by atoms with van der Waals surface area (Å²) in [6.45, 7) is 0. The lowest BCUT2D eigenvalue weighted by Crippen LogP contribution is -2.20. The van der Waals surface area contributed by atoms with Gasteiger partial charge in [-0.2, -0.15) is 0 Å². The lowest BCUT2D eigenvalue weighted by Gasteiger charge is -2.28. The molecule has 0 amide bonds. The Morgan fingerprint density at radius 1 is 0.579 bits per heavy atom. The van der Waals surface area contributed by atoms with Gasteiger partial charge < -0.3 is 0 Å². The summed E-state index contributed by atoms with van der Waals surface area (Å²) in [5.41, 5.74) is 0. The molecular formula is C19H24. The topological polar surface area (TPSA) is 0 Å². The van der Waals surface area contributed by atoms with Crippen LogP contribution in [0, 0.1) is 35.5 Å². The number of allylic oxidation sites excluding steroid dienone is 8. The molecule has 0 aromatic carbocycles. The van der Waals surface area contributed by atoms with Crippen LogP contribution in [-0.4, -0.2) is 0 Å². The van der Waals surface area contributed by atoms with Gasteiger partial charge in [0.25, 0.3) is 0 Å². The minimum atomic E-state index is 0.854. The fourth-order valence-electron chi connectivity index (χ4n) is 5.07. The van der Waals surface area contributed by atoms with E-state index < -0.39 is 0 Å². The van der Waals surface area contributed by atoms with Crippen LogP contribution in [0.15, 0.2) is 48.6 Å². The average molecular weight is 252 g/mol. The quantitative estimate of drug-likeness (QED) is 0.655. The maximum Gasteiger partial charge on any atom is -0.0139 e. The molecule has 4 aliphatic carbocycles. The zero-order valence-electron chi connectivity index (χ0n) is 11.6. The highest BCUT2D eigenvalue weighted by Gasteiger charge is 2.39. The molecule has 6 atom stereocenters. The van der Waals surface area contributed by atoms with E-state index in [9.17, 15) is 0 Å². The van der Waals surface area contributed by atoms with Gasteiger partial charge in [0.2, 0.25) is 0 Å². The first-order valence-electron chi connectivity index (χ1n) is 8.12. The molecule has 0 radical (unpaired) electrons. The number of fused-ring (bicyclic) bond motifs is 2. The van der Waals surface area contributed by atoms with Crippen molar-refractivity contribution >= 4 is 0 Å². The summed E-state index contributed by atoms with van der Waals surface area (Å²) in [6.07, 6.45) is 26.2. The first-order chi connectivity index (χ1) is 9.42. The molecule has 6 unspecified atom stereocenters. The third-order valence-electron chi connectivity index (χ3n) is 6.03. The van der Waals surface area contributed by atoms with Gasteiger partial charge in [-0.1, -0.05) is 48.6 Å². The predicted octanol–water partition coefficient (Wildman–Crippen LogP) is 4.91. The molecule has 2 saturated carbocycles. The van der Waals surface area contributed by atoms with Crippen LogP contribution in [0.4, 0.5) is 0 Å². The van der Waals surface area contributed by atoms with Crippen LogP contribution in [0.2, 0.25) is 0 Å². The third kappa shape index (κ3) is 2.06. The van der Waals surface area contributed by atoms with Crippen LogP contribution in [0.5, 0.6) is 0 Å². The van der Waals surface area contributed by atoms with Crippen LogP contribution >= 0.6 is 0 Å². The molecule has 4 aliphatic rings. The summed E-state index contributed by atoms with van der Waals surface area (Å²) in [5, 5.41) is 0. The second-order valence-corrected chi connectivity index (χ2v) is 6.93. The Labute approximate surface area is 117 Å². The number of hydrogen-bond donors (Lipinski definition) is 0. The maximum absolute atomic E-state index is 2.49. The molecule has 0 nitrogen and oxygen atoms in total. The van der Waals surface area contributed by atoms with Crippen LogP contribution < -0.4 is 0 Å². The summed E-state index contributed by atoms with van der Waals surface area (Å²) < 4.78 is 0. The van der Waals surface area contributed by atoms with Crippen LogP contribution in [0.25, 0.3) is 0 Å². The van der Waals surface area contributed by atoms with E-state index in [0.717, 1.165) is 35.5 Å². The Morgan fingerprint density at radius 3 is 1.58 bits per heavy atom. The van der Waals surface area contributed by atoms with E-state index in [1.165, 1.54) is 32.1 Å². The Hall–Kier alpha value is -1.04. The summed E-state index contributed by atoms with van der Waals surface area (Å²) >= 11 is 0. The van der Waals surface area contributed by atoms with Crippen molar-refractivity contribution in [3.05, 3.63) is 48.6 Å². The first-order valence-corrected chi connectivity index (χ1v) is 8.12. The zero-order valence-corrected chi connectivity index (χ0v) is 11.6. The molecular weight excluding hydrogens is 228 g/mol. The van der Waals surface area contributed by atoms with Gasteiger partial charge in [0.15, 0.2) is 0 Å². The zero-order chi connectivity index (χ0) is 12.7. The monoisotopic (exact) mass is 252 g/mol. The average Bonchev–Trinajstić information content (AvgIpc) is 3.05. The van der Waals surface area contributed by atoms with E-state index in [4.69, 9.17) is 0 Å². The molecule has 0 spiro atoms. The lowest BCUT2D eigenvalue weighted by molar-refractivity contribution is 0.288. The van der Waals surface area contributed by atoms with Gasteiger partial charge in [-0.3, -0.25) is 0 Å². The molecule has 4 rings (SSSR count). The van der Waals surface area contributed by atoms with E-state index in [2.05, 4.69) is 48.6 Å². The minimum Gasteiger partial charge on any atom is -0.0808 e. The van der Waals surface area contributed by atoms with Crippen molar-refractivity contribution < 1.29 is 0 Å². The van der Waals surface area contributed by atoms with Gasteiger partial charge in [0.05, 0.1) is 0 Å². The van der Waals surface area contributed by atoms with Crippen molar-refractivity contribution in [3.8, 4) is 0 Å². The van der Waals surface area contributed by atoms with Crippen molar-refractivity contribution in [1.82, 2.24) is 0 Å². The van der Waals surface area contributed by atoms with Gasteiger partial charge >= 0.3 is 0 Å². The molecule has 0 saturated heterocycles. The maximum atomic E-state index is 2.49. The fraction of sp³-hybridized carbons (Fsp3) is 0.579. The summed E-state index contributed by atoms with van der Waals surface area (Å²) in [4.78, 5) is 0. The lowest BCUT2D eigenvalue weighted by atomic mass is 9.77. The Bertz CT molecular complexity index is 409. The van der Waals surface area contributed by atoms with Crippen LogP contribution in [0.3, 0.4) is 0 Å². The van der Waals surface area contributed by atoms with E-state index in [1.54, 1.807) is 0 Å². The van der Waals surface area contributed by atoms with Gasteiger partial charge in [0.1, 0.15) is 0 Å². The second-order valence-electron chi connectivity index (χ2n) is 6.93. The summed E-state index contributed by atoms with van der Waals surface area (Å²) in [5.74, 6) is 5.32. The molecule has 100 valence electrons. The first kappa shape index (κ1) is 11.8. The van der Waals surface area contributed by atoms with E-state index in [0.29, 0.717) is 0 Å². The minimum absolute atomic E-state index is 0.854. The number of rotatable bonds is 2. The molecule has 0 aliphatic heterocycles. The molecule has 19 heavy (non-hydrogen) atoms. The van der Waals surface area contributed by atoms with Crippen LogP contribution in [-0.2, 0) is 0 Å². The van der Waals surface area contributed by atoms with E-state index >= 15 is 0 Å². The summed E-state index contributed by atoms with van der Waals surface area (Å²) in [6, 6.07) is 0. The molecule has 0 aromatic heterocycles. The van der Waals surface area contributed by atoms with E-state index in [1.807, 2.05) is 0 Å². The smallest absolute Gasteiger partial charge is 0.0139 e. The van der Waals surface area contributed by atoms with Gasteiger partial charge in [-0.15, -0.1) is 0 Å². The largest absolute Gasteiger partial charge is 0.0808 e.